The quantitative estimate of drug-likeness (QED) is 0.750. The van der Waals surface area contributed by atoms with Crippen LogP contribution in [0.1, 0.15) is 23.0 Å². The lowest BCUT2D eigenvalue weighted by molar-refractivity contribution is 0.0697. The predicted octanol–water partition coefficient (Wildman–Crippen LogP) is 1.45. The fourth-order valence-corrected chi connectivity index (χ4v) is 1.77. The molecule has 1 aromatic heterocycles. The normalized spacial score (nSPS) is 9.83. The molecule has 0 saturated carbocycles. The topological polar surface area (TPSA) is 62.2 Å². The Kier molecular flexibility index (Phi) is 2.65. The lowest BCUT2D eigenvalue weighted by Crippen LogP contribution is -2.02. The van der Waals surface area contributed by atoms with Crippen molar-refractivity contribution in [1.82, 2.24) is 4.37 Å². The van der Waals surface area contributed by atoms with Crippen molar-refractivity contribution in [2.45, 2.75) is 13.3 Å². The average molecular weight is 186 g/mol. The number of carboxylic acid groups (broad SMARTS) is 1. The Morgan fingerprint density at radius 1 is 1.75 bits per heavy atom. The van der Waals surface area contributed by atoms with Gasteiger partial charge in [-0.05, 0) is 18.0 Å². The molecule has 0 atom stereocenters. The highest BCUT2D eigenvalue weighted by molar-refractivity contribution is 7.10. The summed E-state index contributed by atoms with van der Waals surface area (Å²) >= 11 is 1.19. The highest BCUT2D eigenvalue weighted by atomic mass is 32.1. The van der Waals surface area contributed by atoms with Crippen LogP contribution in [0, 0.1) is 0 Å². The number of nitrogens with one attached hydrogen (secondary N) is 1. The zero-order valence-corrected chi connectivity index (χ0v) is 7.73. The zero-order chi connectivity index (χ0) is 9.14. The van der Waals surface area contributed by atoms with Crippen molar-refractivity contribution in [3.05, 3.63) is 11.3 Å². The minimum atomic E-state index is -0.912. The number of aromatic carboxylic acids is 1. The first kappa shape index (κ1) is 8.99. The molecule has 4 nitrogen and oxygen atoms in total. The Labute approximate surface area is 74.4 Å². The van der Waals surface area contributed by atoms with Crippen LogP contribution in [-0.4, -0.2) is 22.5 Å². The van der Waals surface area contributed by atoms with E-state index in [2.05, 4.69) is 9.69 Å². The summed E-state index contributed by atoms with van der Waals surface area (Å²) in [5.41, 5.74) is 0.960. The number of carboxylic acids is 1. The number of hydrogen-bond donors (Lipinski definition) is 2. The summed E-state index contributed by atoms with van der Waals surface area (Å²) in [6.45, 7) is 1.89. The number of carbonyl (C=O) groups is 1. The van der Waals surface area contributed by atoms with Crippen molar-refractivity contribution < 1.29 is 9.90 Å². The van der Waals surface area contributed by atoms with Crippen LogP contribution >= 0.6 is 11.5 Å². The minimum Gasteiger partial charge on any atom is -0.478 e. The molecule has 0 unspecified atom stereocenters. The van der Waals surface area contributed by atoms with Gasteiger partial charge >= 0.3 is 5.97 Å². The third kappa shape index (κ3) is 1.40. The molecule has 5 heteroatoms. The SMILES string of the molecule is CCc1nsc(NC)c1C(=O)O. The maximum absolute atomic E-state index is 10.7. The van der Waals surface area contributed by atoms with E-state index in [1.54, 1.807) is 7.05 Å². The van der Waals surface area contributed by atoms with Crippen LogP contribution in [0.4, 0.5) is 5.00 Å². The van der Waals surface area contributed by atoms with Gasteiger partial charge in [0.05, 0.1) is 5.69 Å². The fraction of sp³-hybridized carbons (Fsp3) is 0.429. The van der Waals surface area contributed by atoms with Crippen LogP contribution in [0.3, 0.4) is 0 Å². The van der Waals surface area contributed by atoms with E-state index in [0.717, 1.165) is 0 Å². The third-order valence-electron chi connectivity index (χ3n) is 1.54. The molecule has 0 spiro atoms. The molecule has 1 aromatic rings. The van der Waals surface area contributed by atoms with E-state index >= 15 is 0 Å². The van der Waals surface area contributed by atoms with E-state index < -0.39 is 5.97 Å². The van der Waals surface area contributed by atoms with Gasteiger partial charge in [-0.1, -0.05) is 6.92 Å². The number of aromatic nitrogens is 1. The Hall–Kier alpha value is -1.10. The van der Waals surface area contributed by atoms with Crippen molar-refractivity contribution in [1.29, 1.82) is 0 Å². The van der Waals surface area contributed by atoms with Crippen LogP contribution in [0.5, 0.6) is 0 Å². The second-order valence-corrected chi connectivity index (χ2v) is 3.02. The van der Waals surface area contributed by atoms with Gasteiger partial charge < -0.3 is 10.4 Å². The Bertz CT molecular complexity index is 274. The van der Waals surface area contributed by atoms with Gasteiger partial charge in [0, 0.05) is 7.05 Å². The van der Waals surface area contributed by atoms with Crippen molar-refractivity contribution in [3.63, 3.8) is 0 Å². The van der Waals surface area contributed by atoms with Crippen molar-refractivity contribution in [3.8, 4) is 0 Å². The molecule has 0 bridgehead atoms. The summed E-state index contributed by atoms with van der Waals surface area (Å²) in [4.78, 5) is 10.7. The summed E-state index contributed by atoms with van der Waals surface area (Å²) in [6.07, 6.45) is 0.653. The van der Waals surface area contributed by atoms with Crippen LogP contribution in [0.25, 0.3) is 0 Å². The third-order valence-corrected chi connectivity index (χ3v) is 2.44. The summed E-state index contributed by atoms with van der Waals surface area (Å²) in [5.74, 6) is -0.912. The molecule has 12 heavy (non-hydrogen) atoms. The van der Waals surface area contributed by atoms with Crippen molar-refractivity contribution >= 4 is 22.5 Å². The van der Waals surface area contributed by atoms with E-state index in [0.29, 0.717) is 22.7 Å². The van der Waals surface area contributed by atoms with E-state index in [9.17, 15) is 4.79 Å². The number of rotatable bonds is 3. The monoisotopic (exact) mass is 186 g/mol. The molecule has 0 aliphatic rings. The van der Waals surface area contributed by atoms with E-state index in [1.807, 2.05) is 6.92 Å². The lowest BCUT2D eigenvalue weighted by Gasteiger charge is -1.97. The first-order valence-corrected chi connectivity index (χ1v) is 4.37. The standard InChI is InChI=1S/C7H10N2O2S/c1-3-4-5(7(10)11)6(8-2)12-9-4/h8H,3H2,1-2H3,(H,10,11). The van der Waals surface area contributed by atoms with Gasteiger partial charge in [-0.15, -0.1) is 0 Å². The summed E-state index contributed by atoms with van der Waals surface area (Å²) < 4.78 is 4.03. The van der Waals surface area contributed by atoms with Crippen molar-refractivity contribution in [2.24, 2.45) is 0 Å². The average Bonchev–Trinajstić information content (AvgIpc) is 2.46. The summed E-state index contributed by atoms with van der Waals surface area (Å²) in [5, 5.41) is 12.3. The smallest absolute Gasteiger partial charge is 0.340 e. The molecular formula is C7H10N2O2S. The van der Waals surface area contributed by atoms with Crippen LogP contribution in [0.15, 0.2) is 0 Å². The predicted molar refractivity (Wildman–Crippen MR) is 48.0 cm³/mol. The maximum atomic E-state index is 10.7. The van der Waals surface area contributed by atoms with Gasteiger partial charge in [-0.2, -0.15) is 4.37 Å². The first-order chi connectivity index (χ1) is 5.70. The molecule has 0 saturated heterocycles. The Morgan fingerprint density at radius 3 is 2.83 bits per heavy atom. The molecule has 0 aliphatic heterocycles. The molecule has 0 aromatic carbocycles. The molecule has 66 valence electrons. The molecule has 0 aliphatic carbocycles. The molecule has 1 rings (SSSR count). The second-order valence-electron chi connectivity index (χ2n) is 2.24. The zero-order valence-electron chi connectivity index (χ0n) is 6.92. The molecule has 0 fully saturated rings. The second kappa shape index (κ2) is 3.53. The van der Waals surface area contributed by atoms with Crippen LogP contribution in [-0.2, 0) is 6.42 Å². The first-order valence-electron chi connectivity index (χ1n) is 3.60. The molecule has 1 heterocycles. The van der Waals surface area contributed by atoms with Gasteiger partial charge in [0.25, 0.3) is 0 Å². The van der Waals surface area contributed by atoms with Gasteiger partial charge in [-0.3, -0.25) is 0 Å². The van der Waals surface area contributed by atoms with Crippen LogP contribution in [0.2, 0.25) is 0 Å². The number of aryl methyl sites for hydroxylation is 1. The Morgan fingerprint density at radius 2 is 2.42 bits per heavy atom. The van der Waals surface area contributed by atoms with E-state index in [4.69, 9.17) is 5.11 Å². The van der Waals surface area contributed by atoms with Gasteiger partial charge in [0.1, 0.15) is 10.6 Å². The van der Waals surface area contributed by atoms with Gasteiger partial charge in [0.2, 0.25) is 0 Å². The van der Waals surface area contributed by atoms with Crippen LogP contribution < -0.4 is 5.32 Å². The van der Waals surface area contributed by atoms with Gasteiger partial charge in [0.15, 0.2) is 0 Å². The fourth-order valence-electron chi connectivity index (χ4n) is 0.956. The largest absolute Gasteiger partial charge is 0.478 e. The molecule has 0 radical (unpaired) electrons. The van der Waals surface area contributed by atoms with E-state index in [-0.39, 0.29) is 0 Å². The van der Waals surface area contributed by atoms with Gasteiger partial charge in [-0.25, -0.2) is 4.79 Å². The minimum absolute atomic E-state index is 0.310. The highest BCUT2D eigenvalue weighted by Gasteiger charge is 2.17. The summed E-state index contributed by atoms with van der Waals surface area (Å²) in [6, 6.07) is 0. The maximum Gasteiger partial charge on any atom is 0.340 e. The number of anilines is 1. The highest BCUT2D eigenvalue weighted by Crippen LogP contribution is 2.24. The number of nitrogens with zero attached hydrogens (tertiary/aromatic N) is 1. The lowest BCUT2D eigenvalue weighted by atomic mass is 10.2. The number of hydrogen-bond acceptors (Lipinski definition) is 4. The molecule has 2 N–H and O–H groups in total. The summed E-state index contributed by atoms with van der Waals surface area (Å²) in [7, 11) is 1.69. The Balaban J connectivity index is 3.16. The van der Waals surface area contributed by atoms with E-state index in [1.165, 1.54) is 11.5 Å². The molecule has 0 amide bonds. The molecular weight excluding hydrogens is 176 g/mol. The van der Waals surface area contributed by atoms with Crippen molar-refractivity contribution in [2.75, 3.05) is 12.4 Å².